The molecular formula is C21H23F4N3O2. The molecule has 0 bridgehead atoms. The number of halogens is 4. The summed E-state index contributed by atoms with van der Waals surface area (Å²) in [7, 11) is 0. The number of pyridine rings is 1. The minimum absolute atomic E-state index is 0.0642. The molecule has 1 amide bonds. The lowest BCUT2D eigenvalue weighted by atomic mass is 10.0. The molecule has 1 aromatic heterocycles. The van der Waals surface area contributed by atoms with Crippen LogP contribution < -0.4 is 10.1 Å². The van der Waals surface area contributed by atoms with E-state index in [0.717, 1.165) is 19.0 Å². The largest absolute Gasteiger partial charge is 0.492 e. The Morgan fingerprint density at radius 2 is 2.03 bits per heavy atom. The van der Waals surface area contributed by atoms with E-state index in [1.807, 2.05) is 4.90 Å². The predicted molar refractivity (Wildman–Crippen MR) is 102 cm³/mol. The first-order chi connectivity index (χ1) is 14.2. The molecule has 1 aliphatic rings. The topological polar surface area (TPSA) is 54.5 Å². The summed E-state index contributed by atoms with van der Waals surface area (Å²) >= 11 is 0. The molecule has 0 saturated carbocycles. The standard InChI is InChI=1S/C21H23F4N3O2/c1-14(29)26-12-15-13-27-19(11-18(15)21(23,24)25)20-3-2-8-28(20)9-10-30-17-6-4-16(22)5-7-17/h4-7,11,13,20H,2-3,8-10,12H2,1H3,(H,26,29)/t20-/m0/s1. The number of aromatic nitrogens is 1. The number of rotatable bonds is 7. The number of ether oxygens (including phenoxy) is 1. The molecule has 0 aliphatic carbocycles. The van der Waals surface area contributed by atoms with E-state index in [0.29, 0.717) is 31.0 Å². The van der Waals surface area contributed by atoms with Gasteiger partial charge in [0.1, 0.15) is 18.2 Å². The lowest BCUT2D eigenvalue weighted by Gasteiger charge is -2.25. The fourth-order valence-electron chi connectivity index (χ4n) is 3.55. The average molecular weight is 425 g/mol. The third kappa shape index (κ3) is 5.69. The van der Waals surface area contributed by atoms with Gasteiger partial charge in [-0.3, -0.25) is 14.7 Å². The van der Waals surface area contributed by atoms with Crippen LogP contribution in [0.4, 0.5) is 17.6 Å². The summed E-state index contributed by atoms with van der Waals surface area (Å²) in [6.45, 7) is 2.60. The van der Waals surface area contributed by atoms with Crippen molar-refractivity contribution in [2.75, 3.05) is 19.7 Å². The van der Waals surface area contributed by atoms with Crippen LogP contribution in [0.2, 0.25) is 0 Å². The van der Waals surface area contributed by atoms with Crippen LogP contribution in [0, 0.1) is 5.82 Å². The first-order valence-corrected chi connectivity index (χ1v) is 9.67. The minimum Gasteiger partial charge on any atom is -0.492 e. The van der Waals surface area contributed by atoms with Crippen molar-refractivity contribution in [3.63, 3.8) is 0 Å². The van der Waals surface area contributed by atoms with E-state index >= 15 is 0 Å². The van der Waals surface area contributed by atoms with E-state index in [2.05, 4.69) is 10.3 Å². The van der Waals surface area contributed by atoms with Crippen molar-refractivity contribution in [2.45, 2.75) is 38.5 Å². The average Bonchev–Trinajstić information content (AvgIpc) is 3.15. The Bertz CT molecular complexity index is 872. The van der Waals surface area contributed by atoms with Gasteiger partial charge < -0.3 is 10.1 Å². The van der Waals surface area contributed by atoms with Gasteiger partial charge in [-0.25, -0.2) is 4.39 Å². The van der Waals surface area contributed by atoms with Gasteiger partial charge in [-0.2, -0.15) is 13.2 Å². The Morgan fingerprint density at radius 3 is 2.70 bits per heavy atom. The number of carbonyl (C=O) groups is 1. The van der Waals surface area contributed by atoms with Gasteiger partial charge in [-0.1, -0.05) is 0 Å². The zero-order valence-electron chi connectivity index (χ0n) is 16.5. The van der Waals surface area contributed by atoms with Gasteiger partial charge in [0, 0.05) is 31.8 Å². The molecule has 162 valence electrons. The van der Waals surface area contributed by atoms with Crippen LogP contribution in [-0.4, -0.2) is 35.5 Å². The number of hydrogen-bond donors (Lipinski definition) is 1. The maximum absolute atomic E-state index is 13.6. The van der Waals surface area contributed by atoms with Crippen LogP contribution in [-0.2, 0) is 17.5 Å². The van der Waals surface area contributed by atoms with Crippen molar-refractivity contribution in [3.8, 4) is 5.75 Å². The number of carbonyl (C=O) groups excluding carboxylic acids is 1. The van der Waals surface area contributed by atoms with Crippen molar-refractivity contribution >= 4 is 5.91 Å². The highest BCUT2D eigenvalue weighted by molar-refractivity contribution is 5.72. The van der Waals surface area contributed by atoms with Gasteiger partial charge >= 0.3 is 6.18 Å². The van der Waals surface area contributed by atoms with Gasteiger partial charge in [0.25, 0.3) is 0 Å². The molecule has 1 N–H and O–H groups in total. The molecular weight excluding hydrogens is 402 g/mol. The van der Waals surface area contributed by atoms with Gasteiger partial charge in [0.2, 0.25) is 5.91 Å². The number of amides is 1. The Hall–Kier alpha value is -2.68. The molecule has 2 aromatic rings. The highest BCUT2D eigenvalue weighted by atomic mass is 19.4. The summed E-state index contributed by atoms with van der Waals surface area (Å²) in [6.07, 6.45) is -1.80. The summed E-state index contributed by atoms with van der Waals surface area (Å²) in [5.74, 6) is -0.224. The van der Waals surface area contributed by atoms with E-state index in [-0.39, 0.29) is 24.0 Å². The number of benzene rings is 1. The van der Waals surface area contributed by atoms with E-state index in [1.54, 1.807) is 0 Å². The zero-order chi connectivity index (χ0) is 21.7. The molecule has 2 heterocycles. The summed E-state index contributed by atoms with van der Waals surface area (Å²) in [5, 5.41) is 2.39. The van der Waals surface area contributed by atoms with Gasteiger partial charge in [0.05, 0.1) is 17.3 Å². The summed E-state index contributed by atoms with van der Waals surface area (Å²) in [4.78, 5) is 17.4. The lowest BCUT2D eigenvalue weighted by molar-refractivity contribution is -0.138. The quantitative estimate of drug-likeness (QED) is 0.679. The van der Waals surface area contributed by atoms with Crippen molar-refractivity contribution in [1.29, 1.82) is 0 Å². The Morgan fingerprint density at radius 1 is 1.30 bits per heavy atom. The van der Waals surface area contributed by atoms with Crippen LogP contribution >= 0.6 is 0 Å². The molecule has 1 aliphatic heterocycles. The van der Waals surface area contributed by atoms with E-state index in [9.17, 15) is 22.4 Å². The second kappa shape index (κ2) is 9.42. The van der Waals surface area contributed by atoms with E-state index < -0.39 is 17.6 Å². The third-order valence-electron chi connectivity index (χ3n) is 5.01. The fraction of sp³-hybridized carbons (Fsp3) is 0.429. The predicted octanol–water partition coefficient (Wildman–Crippen LogP) is 4.09. The van der Waals surface area contributed by atoms with Crippen molar-refractivity contribution in [2.24, 2.45) is 0 Å². The zero-order valence-corrected chi connectivity index (χ0v) is 16.5. The monoisotopic (exact) mass is 425 g/mol. The summed E-state index contributed by atoms with van der Waals surface area (Å²) in [5.41, 5.74) is -0.491. The minimum atomic E-state index is -4.54. The SMILES string of the molecule is CC(=O)NCc1cnc([C@@H]2CCCN2CCOc2ccc(F)cc2)cc1C(F)(F)F. The molecule has 5 nitrogen and oxygen atoms in total. The molecule has 1 atom stereocenters. The first kappa shape index (κ1) is 22.0. The number of alkyl halides is 3. The normalized spacial score (nSPS) is 17.2. The molecule has 1 saturated heterocycles. The summed E-state index contributed by atoms with van der Waals surface area (Å²) < 4.78 is 59.2. The van der Waals surface area contributed by atoms with Crippen LogP contribution in [0.1, 0.15) is 42.6 Å². The lowest BCUT2D eigenvalue weighted by Crippen LogP contribution is -2.29. The van der Waals surface area contributed by atoms with Crippen molar-refractivity contribution in [1.82, 2.24) is 15.2 Å². The fourth-order valence-corrected chi connectivity index (χ4v) is 3.55. The molecule has 30 heavy (non-hydrogen) atoms. The van der Waals surface area contributed by atoms with Gasteiger partial charge in [-0.05, 0) is 49.7 Å². The molecule has 3 rings (SSSR count). The highest BCUT2D eigenvalue weighted by Gasteiger charge is 2.36. The Labute approximate surface area is 172 Å². The van der Waals surface area contributed by atoms with Crippen LogP contribution in [0.5, 0.6) is 5.75 Å². The maximum atomic E-state index is 13.6. The van der Waals surface area contributed by atoms with E-state index in [1.165, 1.54) is 37.4 Å². The van der Waals surface area contributed by atoms with Gasteiger partial charge in [0.15, 0.2) is 0 Å². The number of nitrogens with zero attached hydrogens (tertiary/aromatic N) is 2. The van der Waals surface area contributed by atoms with Crippen molar-refractivity contribution in [3.05, 3.63) is 59.2 Å². The smallest absolute Gasteiger partial charge is 0.416 e. The molecule has 1 fully saturated rings. The number of likely N-dealkylation sites (tertiary alicyclic amines) is 1. The number of nitrogens with one attached hydrogen (secondary N) is 1. The molecule has 0 spiro atoms. The molecule has 0 unspecified atom stereocenters. The van der Waals surface area contributed by atoms with E-state index in [4.69, 9.17) is 4.74 Å². The second-order valence-corrected chi connectivity index (χ2v) is 7.17. The van der Waals surface area contributed by atoms with Crippen LogP contribution in [0.3, 0.4) is 0 Å². The maximum Gasteiger partial charge on any atom is 0.416 e. The molecule has 0 radical (unpaired) electrons. The van der Waals surface area contributed by atoms with Crippen LogP contribution in [0.25, 0.3) is 0 Å². The highest BCUT2D eigenvalue weighted by Crippen LogP contribution is 2.36. The van der Waals surface area contributed by atoms with Gasteiger partial charge in [-0.15, -0.1) is 0 Å². The van der Waals surface area contributed by atoms with Crippen molar-refractivity contribution < 1.29 is 27.1 Å². The summed E-state index contributed by atoms with van der Waals surface area (Å²) in [6, 6.07) is 6.51. The molecule has 9 heteroatoms. The molecule has 1 aromatic carbocycles. The Balaban J connectivity index is 1.69. The van der Waals surface area contributed by atoms with Crippen LogP contribution in [0.15, 0.2) is 36.5 Å². The third-order valence-corrected chi connectivity index (χ3v) is 5.01. The Kier molecular flexibility index (Phi) is 6.91. The second-order valence-electron chi connectivity index (χ2n) is 7.17. The first-order valence-electron chi connectivity index (χ1n) is 9.67. The number of hydrogen-bond acceptors (Lipinski definition) is 4.